The number of hydrogen-bond donors (Lipinski definition) is 1. The van der Waals surface area contributed by atoms with Crippen LogP contribution in [0.15, 0.2) is 29.4 Å². The molecule has 1 aliphatic rings. The number of ether oxygens (including phenoxy) is 1. The van der Waals surface area contributed by atoms with Gasteiger partial charge in [0.05, 0.1) is 0 Å². The van der Waals surface area contributed by atoms with E-state index in [1.165, 1.54) is 0 Å². The molecule has 0 aromatic heterocycles. The minimum atomic E-state index is -1.06. The molecule has 2 rings (SSSR count). The second-order valence-corrected chi connectivity index (χ2v) is 5.37. The predicted molar refractivity (Wildman–Crippen MR) is 68.2 cm³/mol. The van der Waals surface area contributed by atoms with Crippen molar-refractivity contribution in [2.24, 2.45) is 5.16 Å². The highest BCUT2D eigenvalue weighted by Crippen LogP contribution is 2.40. The number of benzene rings is 1. The number of rotatable bonds is 1. The molecule has 1 N–H and O–H groups in total. The van der Waals surface area contributed by atoms with Gasteiger partial charge in [-0.2, -0.15) is 0 Å². The van der Waals surface area contributed by atoms with Crippen LogP contribution in [-0.4, -0.2) is 22.3 Å². The van der Waals surface area contributed by atoms with E-state index >= 15 is 0 Å². The van der Waals surface area contributed by atoms with Gasteiger partial charge in [0.2, 0.25) is 5.78 Å². The second-order valence-electron chi connectivity index (χ2n) is 4.93. The van der Waals surface area contributed by atoms with Gasteiger partial charge in [0.1, 0.15) is 11.2 Å². The van der Waals surface area contributed by atoms with Gasteiger partial charge in [0, 0.05) is 5.02 Å². The minimum absolute atomic E-state index is 0.00909. The van der Waals surface area contributed by atoms with Gasteiger partial charge >= 0.3 is 0 Å². The first-order chi connectivity index (χ1) is 8.31. The summed E-state index contributed by atoms with van der Waals surface area (Å²) in [6.07, 6.45) is 0. The quantitative estimate of drug-likeness (QED) is 0.629. The van der Waals surface area contributed by atoms with E-state index in [-0.39, 0.29) is 11.5 Å². The van der Waals surface area contributed by atoms with Crippen LogP contribution in [0.1, 0.15) is 26.3 Å². The van der Waals surface area contributed by atoms with E-state index in [1.54, 1.807) is 45.0 Å². The molecule has 1 unspecified atom stereocenters. The third-order valence-electron chi connectivity index (χ3n) is 3.17. The fourth-order valence-corrected chi connectivity index (χ4v) is 2.34. The molecule has 0 spiro atoms. The number of nitrogens with zero attached hydrogens (tertiary/aromatic N) is 1. The molecule has 0 aliphatic carbocycles. The molecule has 1 aromatic rings. The van der Waals surface area contributed by atoms with Crippen LogP contribution in [0.25, 0.3) is 0 Å². The standard InChI is InChI=1S/C13H14ClNO3/c1-12(2)11(16)10(15-17)13(3,18-12)8-4-6-9(14)7-5-8/h4-7,17H,1-3H3/b15-10+. The van der Waals surface area contributed by atoms with Gasteiger partial charge < -0.3 is 9.94 Å². The zero-order valence-corrected chi connectivity index (χ0v) is 11.2. The molecule has 1 aromatic carbocycles. The molecule has 96 valence electrons. The fraction of sp³-hybridized carbons (Fsp3) is 0.385. The van der Waals surface area contributed by atoms with Crippen LogP contribution in [0, 0.1) is 0 Å². The molecule has 0 saturated carbocycles. The highest BCUT2D eigenvalue weighted by Gasteiger charge is 2.55. The number of hydrogen-bond acceptors (Lipinski definition) is 4. The summed E-state index contributed by atoms with van der Waals surface area (Å²) in [5.74, 6) is -0.317. The Morgan fingerprint density at radius 1 is 1.22 bits per heavy atom. The maximum atomic E-state index is 12.1. The topological polar surface area (TPSA) is 58.9 Å². The lowest BCUT2D eigenvalue weighted by Gasteiger charge is -2.26. The van der Waals surface area contributed by atoms with E-state index in [1.807, 2.05) is 0 Å². The molecule has 5 heteroatoms. The summed E-state index contributed by atoms with van der Waals surface area (Å²) in [6.45, 7) is 5.02. The smallest absolute Gasteiger partial charge is 0.214 e. The molecule has 1 aliphatic heterocycles. The molecule has 0 radical (unpaired) electrons. The first-order valence-corrected chi connectivity index (χ1v) is 5.92. The Morgan fingerprint density at radius 2 is 1.78 bits per heavy atom. The number of carbonyl (C=O) groups excluding carboxylic acids is 1. The van der Waals surface area contributed by atoms with Crippen molar-refractivity contribution in [3.05, 3.63) is 34.9 Å². The van der Waals surface area contributed by atoms with E-state index < -0.39 is 11.2 Å². The Kier molecular flexibility index (Phi) is 2.95. The van der Waals surface area contributed by atoms with Gasteiger partial charge in [-0.25, -0.2) is 0 Å². The van der Waals surface area contributed by atoms with Gasteiger partial charge in [-0.05, 0) is 38.5 Å². The highest BCUT2D eigenvalue weighted by molar-refractivity contribution is 6.46. The van der Waals surface area contributed by atoms with E-state index in [9.17, 15) is 4.79 Å². The number of Topliss-reactive ketones (excluding diaryl/α,β-unsaturated/α-hetero) is 1. The maximum Gasteiger partial charge on any atom is 0.214 e. The van der Waals surface area contributed by atoms with Crippen molar-refractivity contribution in [1.82, 2.24) is 0 Å². The molecule has 1 saturated heterocycles. The zero-order valence-electron chi connectivity index (χ0n) is 10.4. The van der Waals surface area contributed by atoms with E-state index in [0.29, 0.717) is 5.02 Å². The van der Waals surface area contributed by atoms with Gasteiger partial charge in [-0.15, -0.1) is 0 Å². The van der Waals surface area contributed by atoms with Gasteiger partial charge in [0.15, 0.2) is 5.71 Å². The summed E-state index contributed by atoms with van der Waals surface area (Å²) < 4.78 is 5.79. The number of carbonyl (C=O) groups is 1. The molecule has 1 atom stereocenters. The Balaban J connectivity index is 2.54. The van der Waals surface area contributed by atoms with Crippen LogP contribution < -0.4 is 0 Å². The predicted octanol–water partition coefficient (Wildman–Crippen LogP) is 2.76. The van der Waals surface area contributed by atoms with Crippen molar-refractivity contribution in [1.29, 1.82) is 0 Å². The summed E-state index contributed by atoms with van der Waals surface area (Å²) in [4.78, 5) is 12.1. The van der Waals surface area contributed by atoms with Crippen molar-refractivity contribution in [3.8, 4) is 0 Å². The first kappa shape index (κ1) is 13.1. The van der Waals surface area contributed by atoms with E-state index in [4.69, 9.17) is 21.5 Å². The van der Waals surface area contributed by atoms with Crippen molar-refractivity contribution in [3.63, 3.8) is 0 Å². The van der Waals surface area contributed by atoms with E-state index in [2.05, 4.69) is 5.16 Å². The normalized spacial score (nSPS) is 28.9. The third kappa shape index (κ3) is 1.82. The monoisotopic (exact) mass is 267 g/mol. The SMILES string of the molecule is CC1(C)OC(C)(c2ccc(Cl)cc2)/C(=N/O)C1=O. The summed E-state index contributed by atoms with van der Waals surface area (Å²) >= 11 is 5.83. The molecule has 0 amide bonds. The number of ketones is 1. The number of halogens is 1. The van der Waals surface area contributed by atoms with Crippen molar-refractivity contribution < 1.29 is 14.7 Å². The van der Waals surface area contributed by atoms with Gasteiger partial charge in [-0.3, -0.25) is 4.79 Å². The molecule has 0 bridgehead atoms. The molecular formula is C13H14ClNO3. The zero-order chi connectivity index (χ0) is 13.6. The average molecular weight is 268 g/mol. The lowest BCUT2D eigenvalue weighted by atomic mass is 9.89. The molecule has 4 nitrogen and oxygen atoms in total. The average Bonchev–Trinajstić information content (AvgIpc) is 2.47. The minimum Gasteiger partial charge on any atom is -0.410 e. The molecule has 1 heterocycles. The van der Waals surface area contributed by atoms with Crippen LogP contribution in [0.2, 0.25) is 5.02 Å². The van der Waals surface area contributed by atoms with Crippen LogP contribution in [-0.2, 0) is 15.1 Å². The van der Waals surface area contributed by atoms with Crippen molar-refractivity contribution >= 4 is 23.1 Å². The summed E-state index contributed by atoms with van der Waals surface area (Å²) in [5, 5.41) is 12.8. The highest BCUT2D eigenvalue weighted by atomic mass is 35.5. The van der Waals surface area contributed by atoms with Crippen LogP contribution in [0.5, 0.6) is 0 Å². The van der Waals surface area contributed by atoms with Gasteiger partial charge in [-0.1, -0.05) is 28.9 Å². The second kappa shape index (κ2) is 4.07. The lowest BCUT2D eigenvalue weighted by Crippen LogP contribution is -2.31. The lowest BCUT2D eigenvalue weighted by molar-refractivity contribution is -0.133. The van der Waals surface area contributed by atoms with Crippen LogP contribution >= 0.6 is 11.6 Å². The Bertz CT molecular complexity index is 522. The summed E-state index contributed by atoms with van der Waals surface area (Å²) in [7, 11) is 0. The van der Waals surface area contributed by atoms with Gasteiger partial charge in [0.25, 0.3) is 0 Å². The first-order valence-electron chi connectivity index (χ1n) is 5.55. The van der Waals surface area contributed by atoms with Crippen LogP contribution in [0.3, 0.4) is 0 Å². The fourth-order valence-electron chi connectivity index (χ4n) is 2.21. The summed E-state index contributed by atoms with van der Waals surface area (Å²) in [5.41, 5.74) is -1.33. The molecule has 1 fully saturated rings. The molecular weight excluding hydrogens is 254 g/mol. The summed E-state index contributed by atoms with van der Waals surface area (Å²) in [6, 6.07) is 6.91. The molecule has 18 heavy (non-hydrogen) atoms. The Morgan fingerprint density at radius 3 is 2.28 bits per heavy atom. The maximum absolute atomic E-state index is 12.1. The van der Waals surface area contributed by atoms with E-state index in [0.717, 1.165) is 5.56 Å². The third-order valence-corrected chi connectivity index (χ3v) is 3.42. The van der Waals surface area contributed by atoms with Crippen LogP contribution in [0.4, 0.5) is 0 Å². The number of oxime groups is 1. The van der Waals surface area contributed by atoms with Crippen molar-refractivity contribution in [2.45, 2.75) is 32.0 Å². The van der Waals surface area contributed by atoms with Crippen molar-refractivity contribution in [2.75, 3.05) is 0 Å². The largest absolute Gasteiger partial charge is 0.410 e. The Labute approximate surface area is 110 Å². The Hall–Kier alpha value is -1.39.